The molecule has 1 aliphatic heterocycles. The summed E-state index contributed by atoms with van der Waals surface area (Å²) in [6.45, 7) is 3.21. The fourth-order valence-corrected chi connectivity index (χ4v) is 5.43. The number of piperidine rings is 1. The highest BCUT2D eigenvalue weighted by atomic mass is 19.1. The molecule has 2 aliphatic rings. The maximum Gasteiger partial charge on any atom is 0.319 e. The minimum absolute atomic E-state index is 0.165. The summed E-state index contributed by atoms with van der Waals surface area (Å²) >= 11 is 0. The highest BCUT2D eigenvalue weighted by Crippen LogP contribution is 2.28. The lowest BCUT2D eigenvalue weighted by Gasteiger charge is -2.39. The van der Waals surface area contributed by atoms with Gasteiger partial charge >= 0.3 is 6.03 Å². The predicted molar refractivity (Wildman–Crippen MR) is 131 cm³/mol. The number of nitrogens with zero attached hydrogens (tertiary/aromatic N) is 1. The normalized spacial score (nSPS) is 23.6. The number of carbonyl (C=O) groups excluding carboxylic acids is 1. The Kier molecular flexibility index (Phi) is 8.10. The topological polar surface area (TPSA) is 68.2 Å². The van der Waals surface area contributed by atoms with Crippen molar-refractivity contribution in [1.82, 2.24) is 10.2 Å². The molecule has 0 aromatic heterocycles. The van der Waals surface area contributed by atoms with E-state index in [9.17, 15) is 9.18 Å². The maximum absolute atomic E-state index is 13.2. The highest BCUT2D eigenvalue weighted by molar-refractivity contribution is 5.90. The molecule has 2 fully saturated rings. The Labute approximate surface area is 196 Å². The second kappa shape index (κ2) is 11.4. The first-order chi connectivity index (χ1) is 16.1. The van der Waals surface area contributed by atoms with Crippen LogP contribution in [0.1, 0.15) is 49.7 Å². The summed E-state index contributed by atoms with van der Waals surface area (Å²) in [5.41, 5.74) is 2.69. The SMILES string of the molecule is N=Cc1cccc(NC(=O)N[C@@H]2CCCC[C@H]2CN2CCC[C@@H](Cc3ccc(F)cc3)C2)c1. The molecule has 2 amide bonds. The second-order valence-electron chi connectivity index (χ2n) is 9.62. The minimum atomic E-state index is -0.175. The fraction of sp³-hybridized carbons (Fsp3) is 0.481. The van der Waals surface area contributed by atoms with Crippen LogP contribution in [0.2, 0.25) is 0 Å². The average Bonchev–Trinajstić information content (AvgIpc) is 2.82. The molecule has 2 aromatic rings. The van der Waals surface area contributed by atoms with E-state index in [1.54, 1.807) is 18.2 Å². The Morgan fingerprint density at radius 3 is 2.73 bits per heavy atom. The van der Waals surface area contributed by atoms with E-state index in [2.05, 4.69) is 15.5 Å². The van der Waals surface area contributed by atoms with Gasteiger partial charge in [-0.15, -0.1) is 0 Å². The van der Waals surface area contributed by atoms with Gasteiger partial charge in [-0.05, 0) is 85.9 Å². The van der Waals surface area contributed by atoms with Crippen molar-refractivity contribution in [2.24, 2.45) is 11.8 Å². The molecule has 0 spiro atoms. The Morgan fingerprint density at radius 1 is 1.09 bits per heavy atom. The van der Waals surface area contributed by atoms with Crippen LogP contribution in [-0.2, 0) is 6.42 Å². The first-order valence-electron chi connectivity index (χ1n) is 12.2. The standard InChI is InChI=1S/C27H35FN4O/c28-24-12-10-20(11-13-24)15-22-6-4-14-32(18-22)19-23-7-1-2-9-26(23)31-27(33)30-25-8-3-5-21(16-25)17-29/h3,5,8,10-13,16-17,22-23,26,29H,1-2,4,6-7,9,14-15,18-19H2,(H2,30,31,33)/t22-,23-,26+/m0/s1. The molecule has 0 bridgehead atoms. The summed E-state index contributed by atoms with van der Waals surface area (Å²) in [6.07, 6.45) is 9.23. The molecule has 5 nitrogen and oxygen atoms in total. The highest BCUT2D eigenvalue weighted by Gasteiger charge is 2.30. The lowest BCUT2D eigenvalue weighted by molar-refractivity contribution is 0.123. The van der Waals surface area contributed by atoms with Crippen LogP contribution >= 0.6 is 0 Å². The summed E-state index contributed by atoms with van der Waals surface area (Å²) in [5.74, 6) is 0.886. The van der Waals surface area contributed by atoms with Crippen LogP contribution in [0.5, 0.6) is 0 Å². The van der Waals surface area contributed by atoms with Gasteiger partial charge in [-0.1, -0.05) is 37.1 Å². The van der Waals surface area contributed by atoms with E-state index in [1.807, 2.05) is 30.3 Å². The van der Waals surface area contributed by atoms with Gasteiger partial charge in [-0.3, -0.25) is 0 Å². The molecule has 6 heteroatoms. The number of carbonyl (C=O) groups is 1. The third kappa shape index (κ3) is 6.87. The smallest absolute Gasteiger partial charge is 0.319 e. The van der Waals surface area contributed by atoms with E-state index in [-0.39, 0.29) is 17.9 Å². The van der Waals surface area contributed by atoms with Crippen molar-refractivity contribution in [2.75, 3.05) is 25.0 Å². The summed E-state index contributed by atoms with van der Waals surface area (Å²) in [4.78, 5) is 15.3. The van der Waals surface area contributed by atoms with Crippen LogP contribution in [0.3, 0.4) is 0 Å². The van der Waals surface area contributed by atoms with Crippen molar-refractivity contribution >= 4 is 17.9 Å². The van der Waals surface area contributed by atoms with Gasteiger partial charge in [0.05, 0.1) is 0 Å². The molecule has 4 rings (SSSR count). The summed E-state index contributed by atoms with van der Waals surface area (Å²) in [5, 5.41) is 13.6. The number of hydrogen-bond donors (Lipinski definition) is 3. The predicted octanol–water partition coefficient (Wildman–Crippen LogP) is 5.46. The number of hydrogen-bond acceptors (Lipinski definition) is 3. The molecular formula is C27H35FN4O. The summed E-state index contributed by atoms with van der Waals surface area (Å²) < 4.78 is 13.2. The maximum atomic E-state index is 13.2. The van der Waals surface area contributed by atoms with Crippen LogP contribution in [0.15, 0.2) is 48.5 Å². The van der Waals surface area contributed by atoms with Gasteiger partial charge in [0.15, 0.2) is 0 Å². The molecule has 2 aromatic carbocycles. The first kappa shape index (κ1) is 23.4. The van der Waals surface area contributed by atoms with Crippen molar-refractivity contribution in [2.45, 2.75) is 51.0 Å². The zero-order chi connectivity index (χ0) is 23.0. The summed E-state index contributed by atoms with van der Waals surface area (Å²) in [7, 11) is 0. The Bertz CT molecular complexity index is 932. The van der Waals surface area contributed by atoms with E-state index in [0.717, 1.165) is 50.9 Å². The third-order valence-electron chi connectivity index (χ3n) is 7.07. The van der Waals surface area contributed by atoms with E-state index >= 15 is 0 Å². The van der Waals surface area contributed by atoms with Crippen molar-refractivity contribution in [3.8, 4) is 0 Å². The van der Waals surface area contributed by atoms with Crippen LogP contribution in [-0.4, -0.2) is 42.8 Å². The monoisotopic (exact) mass is 450 g/mol. The Hall–Kier alpha value is -2.73. The largest absolute Gasteiger partial charge is 0.335 e. The quantitative estimate of drug-likeness (QED) is 0.491. The van der Waals surface area contributed by atoms with Crippen molar-refractivity contribution < 1.29 is 9.18 Å². The van der Waals surface area contributed by atoms with Crippen LogP contribution < -0.4 is 10.6 Å². The van der Waals surface area contributed by atoms with E-state index < -0.39 is 0 Å². The van der Waals surface area contributed by atoms with Crippen LogP contribution in [0, 0.1) is 23.1 Å². The van der Waals surface area contributed by atoms with Gasteiger partial charge in [0, 0.05) is 31.0 Å². The molecule has 3 N–H and O–H groups in total. The van der Waals surface area contributed by atoms with Crippen molar-refractivity contribution in [3.05, 3.63) is 65.5 Å². The lowest BCUT2D eigenvalue weighted by Crippen LogP contribution is -2.49. The van der Waals surface area contributed by atoms with Gasteiger partial charge in [-0.25, -0.2) is 9.18 Å². The lowest BCUT2D eigenvalue weighted by atomic mass is 9.83. The molecule has 1 saturated carbocycles. The molecule has 0 radical (unpaired) electrons. The molecule has 1 heterocycles. The molecule has 3 atom stereocenters. The summed E-state index contributed by atoms with van der Waals surface area (Å²) in [6, 6.07) is 14.3. The van der Waals surface area contributed by atoms with E-state index in [0.29, 0.717) is 17.5 Å². The number of anilines is 1. The Morgan fingerprint density at radius 2 is 1.91 bits per heavy atom. The number of nitrogens with one attached hydrogen (secondary N) is 3. The van der Waals surface area contributed by atoms with Gasteiger partial charge in [-0.2, -0.15) is 0 Å². The fourth-order valence-electron chi connectivity index (χ4n) is 5.43. The van der Waals surface area contributed by atoms with Crippen molar-refractivity contribution in [1.29, 1.82) is 5.41 Å². The second-order valence-corrected chi connectivity index (χ2v) is 9.62. The molecule has 1 saturated heterocycles. The van der Waals surface area contributed by atoms with E-state index in [1.165, 1.54) is 31.0 Å². The van der Waals surface area contributed by atoms with Crippen LogP contribution in [0.4, 0.5) is 14.9 Å². The number of likely N-dealkylation sites (tertiary alicyclic amines) is 1. The molecule has 0 unspecified atom stereocenters. The van der Waals surface area contributed by atoms with Gasteiger partial charge in [0.2, 0.25) is 0 Å². The molecule has 176 valence electrons. The third-order valence-corrected chi connectivity index (χ3v) is 7.07. The number of benzene rings is 2. The number of amides is 2. The average molecular weight is 451 g/mol. The number of rotatable bonds is 7. The van der Waals surface area contributed by atoms with Gasteiger partial charge in [0.25, 0.3) is 0 Å². The molecular weight excluding hydrogens is 415 g/mol. The zero-order valence-corrected chi connectivity index (χ0v) is 19.2. The molecule has 1 aliphatic carbocycles. The van der Waals surface area contributed by atoms with E-state index in [4.69, 9.17) is 5.41 Å². The van der Waals surface area contributed by atoms with Crippen LogP contribution in [0.25, 0.3) is 0 Å². The Balaban J connectivity index is 1.30. The minimum Gasteiger partial charge on any atom is -0.335 e. The van der Waals surface area contributed by atoms with Gasteiger partial charge in [0.1, 0.15) is 5.82 Å². The first-order valence-corrected chi connectivity index (χ1v) is 12.2. The number of halogens is 1. The molecule has 33 heavy (non-hydrogen) atoms. The number of urea groups is 1. The van der Waals surface area contributed by atoms with Gasteiger partial charge < -0.3 is 20.9 Å². The zero-order valence-electron chi connectivity index (χ0n) is 19.2. The van der Waals surface area contributed by atoms with Crippen molar-refractivity contribution in [3.63, 3.8) is 0 Å².